The molecule has 0 spiro atoms. The maximum absolute atomic E-state index is 13.0. The molecule has 1 amide bonds. The number of carbonyl (C=O) groups is 1. The number of nitrogens with zero attached hydrogens (tertiary/aromatic N) is 3. The summed E-state index contributed by atoms with van der Waals surface area (Å²) in [6.45, 7) is 0.916. The number of ether oxygens (including phenoxy) is 2. The molecule has 1 saturated heterocycles. The lowest BCUT2D eigenvalue weighted by Gasteiger charge is -2.32. The third kappa shape index (κ3) is 3.53. The van der Waals surface area contributed by atoms with Crippen LogP contribution in [-0.2, 0) is 0 Å². The van der Waals surface area contributed by atoms with Crippen molar-refractivity contribution in [2.75, 3.05) is 20.2 Å². The molecule has 0 N–H and O–H groups in total. The predicted molar refractivity (Wildman–Crippen MR) is 101 cm³/mol. The van der Waals surface area contributed by atoms with Crippen LogP contribution in [-0.4, -0.2) is 47.1 Å². The van der Waals surface area contributed by atoms with Crippen molar-refractivity contribution in [1.82, 2.24) is 14.9 Å². The van der Waals surface area contributed by atoms with Crippen LogP contribution < -0.4 is 15.1 Å². The first-order chi connectivity index (χ1) is 13.7. The smallest absolute Gasteiger partial charge is 0.349 e. The zero-order valence-corrected chi connectivity index (χ0v) is 15.3. The van der Waals surface area contributed by atoms with Crippen LogP contribution in [0.4, 0.5) is 0 Å². The predicted octanol–water partition coefficient (Wildman–Crippen LogP) is 2.28. The quantitative estimate of drug-likeness (QED) is 0.640. The van der Waals surface area contributed by atoms with Crippen LogP contribution in [0.1, 0.15) is 23.2 Å². The minimum Gasteiger partial charge on any atom is -0.493 e. The second-order valence-corrected chi connectivity index (χ2v) is 6.50. The number of likely N-dealkylation sites (tertiary alicyclic amines) is 1. The fraction of sp³-hybridized carbons (Fsp3) is 0.300. The molecule has 8 heteroatoms. The van der Waals surface area contributed by atoms with Gasteiger partial charge in [-0.15, -0.1) is 0 Å². The standard InChI is InChI=1S/C20H19N3O5/c1-26-16-6-2-4-13-10-15(20(25)28-18(13)16)19(24)23-9-3-5-14(12-23)27-17-11-21-7-8-22-17/h2,4,6-8,10-11,14H,3,5,9,12H2,1H3. The van der Waals surface area contributed by atoms with Crippen LogP contribution in [0.5, 0.6) is 11.6 Å². The summed E-state index contributed by atoms with van der Waals surface area (Å²) in [5.41, 5.74) is -0.353. The minimum atomic E-state index is -0.682. The number of carbonyl (C=O) groups excluding carboxylic acids is 1. The molecule has 28 heavy (non-hydrogen) atoms. The highest BCUT2D eigenvalue weighted by atomic mass is 16.5. The number of rotatable bonds is 4. The van der Waals surface area contributed by atoms with Gasteiger partial charge in [0.1, 0.15) is 11.7 Å². The summed E-state index contributed by atoms with van der Waals surface area (Å²) in [6, 6.07) is 6.81. The Balaban J connectivity index is 1.57. The molecule has 0 saturated carbocycles. The van der Waals surface area contributed by atoms with Crippen molar-refractivity contribution in [3.63, 3.8) is 0 Å². The molecule has 0 radical (unpaired) electrons. The van der Waals surface area contributed by atoms with E-state index in [1.807, 2.05) is 0 Å². The summed E-state index contributed by atoms with van der Waals surface area (Å²) >= 11 is 0. The van der Waals surface area contributed by atoms with Crippen molar-refractivity contribution >= 4 is 16.9 Å². The topological polar surface area (TPSA) is 94.8 Å². The first-order valence-electron chi connectivity index (χ1n) is 8.98. The molecule has 1 atom stereocenters. The lowest BCUT2D eigenvalue weighted by molar-refractivity contribution is 0.0523. The van der Waals surface area contributed by atoms with Crippen LogP contribution in [0.25, 0.3) is 11.0 Å². The molecule has 1 aromatic carbocycles. The van der Waals surface area contributed by atoms with Crippen molar-refractivity contribution in [1.29, 1.82) is 0 Å². The number of para-hydroxylation sites is 1. The zero-order valence-electron chi connectivity index (χ0n) is 15.3. The Labute approximate surface area is 160 Å². The van der Waals surface area contributed by atoms with Gasteiger partial charge in [0.15, 0.2) is 11.3 Å². The summed E-state index contributed by atoms with van der Waals surface area (Å²) in [5, 5.41) is 0.631. The third-order valence-electron chi connectivity index (χ3n) is 4.67. The fourth-order valence-corrected chi connectivity index (χ4v) is 3.33. The first-order valence-corrected chi connectivity index (χ1v) is 8.98. The third-order valence-corrected chi connectivity index (χ3v) is 4.67. The Kier molecular flexibility index (Phi) is 4.92. The maximum Gasteiger partial charge on any atom is 0.349 e. The molecule has 4 rings (SSSR count). The lowest BCUT2D eigenvalue weighted by atomic mass is 10.1. The Morgan fingerprint density at radius 2 is 2.21 bits per heavy atom. The lowest BCUT2D eigenvalue weighted by Crippen LogP contribution is -2.45. The summed E-state index contributed by atoms with van der Waals surface area (Å²) in [5.74, 6) is 0.494. The highest BCUT2D eigenvalue weighted by Gasteiger charge is 2.28. The van der Waals surface area contributed by atoms with E-state index in [1.165, 1.54) is 13.3 Å². The number of amides is 1. The number of methoxy groups -OCH3 is 1. The fourth-order valence-electron chi connectivity index (χ4n) is 3.33. The van der Waals surface area contributed by atoms with Gasteiger partial charge in [0.2, 0.25) is 5.88 Å². The highest BCUT2D eigenvalue weighted by Crippen LogP contribution is 2.25. The number of benzene rings is 1. The van der Waals surface area contributed by atoms with Gasteiger partial charge in [0.25, 0.3) is 5.91 Å². The van der Waals surface area contributed by atoms with Gasteiger partial charge in [-0.05, 0) is 25.0 Å². The Morgan fingerprint density at radius 1 is 1.32 bits per heavy atom. The van der Waals surface area contributed by atoms with Crippen molar-refractivity contribution in [3.8, 4) is 11.6 Å². The number of hydrogen-bond acceptors (Lipinski definition) is 7. The molecule has 0 aliphatic carbocycles. The Bertz CT molecular complexity index is 1050. The van der Waals surface area contributed by atoms with Gasteiger partial charge in [0.05, 0.1) is 19.9 Å². The zero-order chi connectivity index (χ0) is 19.5. The van der Waals surface area contributed by atoms with Crippen LogP contribution in [0.3, 0.4) is 0 Å². The van der Waals surface area contributed by atoms with Gasteiger partial charge in [-0.3, -0.25) is 9.78 Å². The summed E-state index contributed by atoms with van der Waals surface area (Å²) in [7, 11) is 1.50. The van der Waals surface area contributed by atoms with Crippen molar-refractivity contribution in [3.05, 3.63) is 58.8 Å². The molecule has 144 valence electrons. The van der Waals surface area contributed by atoms with Gasteiger partial charge >= 0.3 is 5.63 Å². The summed E-state index contributed by atoms with van der Waals surface area (Å²) in [6.07, 6.45) is 6.01. The average molecular weight is 381 g/mol. The molecular weight excluding hydrogens is 362 g/mol. The first kappa shape index (κ1) is 18.0. The van der Waals surface area contributed by atoms with E-state index >= 15 is 0 Å². The molecule has 1 fully saturated rings. The number of piperidine rings is 1. The normalized spacial score (nSPS) is 16.8. The SMILES string of the molecule is COc1cccc2cc(C(=O)N3CCCC(Oc4cnccn4)C3)c(=O)oc12. The van der Waals surface area contributed by atoms with E-state index in [0.29, 0.717) is 35.7 Å². The maximum atomic E-state index is 13.0. The van der Waals surface area contributed by atoms with Gasteiger partial charge in [-0.25, -0.2) is 9.78 Å². The molecule has 1 unspecified atom stereocenters. The molecule has 8 nitrogen and oxygen atoms in total. The number of fused-ring (bicyclic) bond motifs is 1. The van der Waals surface area contributed by atoms with Crippen molar-refractivity contribution < 1.29 is 18.7 Å². The van der Waals surface area contributed by atoms with Crippen LogP contribution >= 0.6 is 0 Å². The van der Waals surface area contributed by atoms with E-state index in [0.717, 1.165) is 12.8 Å². The molecule has 0 bridgehead atoms. The van der Waals surface area contributed by atoms with Gasteiger partial charge in [-0.1, -0.05) is 12.1 Å². The van der Waals surface area contributed by atoms with Crippen molar-refractivity contribution in [2.24, 2.45) is 0 Å². The number of hydrogen-bond donors (Lipinski definition) is 0. The van der Waals surface area contributed by atoms with Crippen molar-refractivity contribution in [2.45, 2.75) is 18.9 Å². The van der Waals surface area contributed by atoms with Gasteiger partial charge in [-0.2, -0.15) is 0 Å². The molecule has 2 aromatic heterocycles. The Morgan fingerprint density at radius 3 is 3.00 bits per heavy atom. The molecule has 3 heterocycles. The molecule has 1 aliphatic heterocycles. The largest absolute Gasteiger partial charge is 0.493 e. The van der Waals surface area contributed by atoms with E-state index in [-0.39, 0.29) is 17.6 Å². The Hall–Kier alpha value is -3.42. The van der Waals surface area contributed by atoms with E-state index in [2.05, 4.69) is 9.97 Å². The molecular formula is C20H19N3O5. The van der Waals surface area contributed by atoms with Crippen LogP contribution in [0, 0.1) is 0 Å². The van der Waals surface area contributed by atoms with E-state index in [1.54, 1.807) is 41.6 Å². The second kappa shape index (κ2) is 7.67. The summed E-state index contributed by atoms with van der Waals surface area (Å²) in [4.78, 5) is 35.1. The average Bonchev–Trinajstić information content (AvgIpc) is 2.73. The van der Waals surface area contributed by atoms with E-state index in [9.17, 15) is 9.59 Å². The van der Waals surface area contributed by atoms with E-state index in [4.69, 9.17) is 13.9 Å². The summed E-state index contributed by atoms with van der Waals surface area (Å²) < 4.78 is 16.4. The monoisotopic (exact) mass is 381 g/mol. The molecule has 3 aromatic rings. The van der Waals surface area contributed by atoms with E-state index < -0.39 is 5.63 Å². The van der Waals surface area contributed by atoms with Crippen LogP contribution in [0.2, 0.25) is 0 Å². The van der Waals surface area contributed by atoms with Gasteiger partial charge < -0.3 is 18.8 Å². The minimum absolute atomic E-state index is 0.000839. The second-order valence-electron chi connectivity index (χ2n) is 6.50. The molecule has 1 aliphatic rings. The van der Waals surface area contributed by atoms with Crippen LogP contribution in [0.15, 0.2) is 52.1 Å². The highest BCUT2D eigenvalue weighted by molar-refractivity contribution is 5.97. The van der Waals surface area contributed by atoms with Gasteiger partial charge in [0, 0.05) is 24.3 Å². The number of aromatic nitrogens is 2.